The van der Waals surface area contributed by atoms with Crippen LogP contribution < -0.4 is 15.1 Å². The van der Waals surface area contributed by atoms with Gasteiger partial charge in [0.1, 0.15) is 0 Å². The minimum Gasteiger partial charge on any atom is -0.378 e. The number of rotatable bonds is 5. The molecule has 35 heavy (non-hydrogen) atoms. The second-order valence-corrected chi connectivity index (χ2v) is 8.45. The van der Waals surface area contributed by atoms with E-state index in [1.54, 1.807) is 12.3 Å². The normalized spacial score (nSPS) is 14.1. The lowest BCUT2D eigenvalue weighted by atomic mass is 10.0. The largest absolute Gasteiger partial charge is 0.416 e. The van der Waals surface area contributed by atoms with Crippen molar-refractivity contribution in [2.24, 2.45) is 0 Å². The Labute approximate surface area is 201 Å². The van der Waals surface area contributed by atoms with Crippen molar-refractivity contribution < 1.29 is 22.7 Å². The number of ether oxygens (including phenoxy) is 1. The van der Waals surface area contributed by atoms with Gasteiger partial charge in [-0.15, -0.1) is 0 Å². The second-order valence-electron chi connectivity index (χ2n) is 8.45. The van der Waals surface area contributed by atoms with Crippen LogP contribution in [0.3, 0.4) is 0 Å². The van der Waals surface area contributed by atoms with Gasteiger partial charge in [-0.25, -0.2) is 4.98 Å². The molecule has 1 fully saturated rings. The van der Waals surface area contributed by atoms with E-state index in [1.807, 2.05) is 32.0 Å². The standard InChI is InChI=1S/C25H26F3N5O2/c1-16-21(18-12-22(23(30-14-18)32(2)3)33-7-9-35-10-8-33)13-20(15-29-16)31-24(34)17-5-4-6-19(11-17)25(26,27)28/h4-6,11-15H,7-10H2,1-3H3,(H,31,34). The van der Waals surface area contributed by atoms with Crippen LogP contribution in [0.2, 0.25) is 0 Å². The van der Waals surface area contributed by atoms with E-state index in [9.17, 15) is 18.0 Å². The molecule has 1 aliphatic rings. The molecule has 0 spiro atoms. The minimum atomic E-state index is -4.53. The number of hydrogen-bond acceptors (Lipinski definition) is 6. The zero-order valence-electron chi connectivity index (χ0n) is 19.7. The first kappa shape index (κ1) is 24.5. The van der Waals surface area contributed by atoms with Crippen molar-refractivity contribution in [3.63, 3.8) is 0 Å². The molecule has 1 amide bonds. The monoisotopic (exact) mass is 485 g/mol. The van der Waals surface area contributed by atoms with E-state index in [0.717, 1.165) is 53.5 Å². The summed E-state index contributed by atoms with van der Waals surface area (Å²) in [7, 11) is 3.87. The summed E-state index contributed by atoms with van der Waals surface area (Å²) in [4.78, 5) is 25.9. The van der Waals surface area contributed by atoms with E-state index in [1.165, 1.54) is 18.3 Å². The molecule has 7 nitrogen and oxygen atoms in total. The quantitative estimate of drug-likeness (QED) is 0.569. The number of nitrogens with one attached hydrogen (secondary N) is 1. The molecule has 0 aliphatic carbocycles. The summed E-state index contributed by atoms with van der Waals surface area (Å²) < 4.78 is 44.6. The maximum absolute atomic E-state index is 13.0. The molecule has 10 heteroatoms. The lowest BCUT2D eigenvalue weighted by Crippen LogP contribution is -2.37. The molecule has 184 valence electrons. The summed E-state index contributed by atoms with van der Waals surface area (Å²) in [5.74, 6) is 0.179. The van der Waals surface area contributed by atoms with Crippen LogP contribution in [0.1, 0.15) is 21.6 Å². The van der Waals surface area contributed by atoms with E-state index in [-0.39, 0.29) is 5.56 Å². The Kier molecular flexibility index (Phi) is 6.93. The third-order valence-electron chi connectivity index (χ3n) is 5.73. The molecule has 3 aromatic rings. The Morgan fingerprint density at radius 1 is 1.09 bits per heavy atom. The number of pyridine rings is 2. The third kappa shape index (κ3) is 5.54. The summed E-state index contributed by atoms with van der Waals surface area (Å²) in [5.41, 5.74) is 2.68. The summed E-state index contributed by atoms with van der Waals surface area (Å²) in [5, 5.41) is 2.66. The molecule has 0 radical (unpaired) electrons. The molecular formula is C25H26F3N5O2. The number of morpholine rings is 1. The molecule has 1 aromatic carbocycles. The SMILES string of the molecule is Cc1ncc(NC(=O)c2cccc(C(F)(F)F)c2)cc1-c1cnc(N(C)C)c(N2CCOCC2)c1. The number of alkyl halides is 3. The summed E-state index contributed by atoms with van der Waals surface area (Å²) in [6, 6.07) is 8.10. The average Bonchev–Trinajstić information content (AvgIpc) is 2.85. The van der Waals surface area contributed by atoms with Gasteiger partial charge in [-0.2, -0.15) is 13.2 Å². The zero-order valence-corrected chi connectivity index (χ0v) is 19.7. The summed E-state index contributed by atoms with van der Waals surface area (Å²) >= 11 is 0. The molecule has 0 unspecified atom stereocenters. The van der Waals surface area contributed by atoms with Crippen molar-refractivity contribution in [2.75, 3.05) is 55.5 Å². The van der Waals surface area contributed by atoms with Gasteiger partial charge in [0.2, 0.25) is 0 Å². The predicted molar refractivity (Wildman–Crippen MR) is 129 cm³/mol. The maximum atomic E-state index is 13.0. The average molecular weight is 486 g/mol. The number of amides is 1. The van der Waals surface area contributed by atoms with Gasteiger partial charge in [0.05, 0.1) is 36.3 Å². The van der Waals surface area contributed by atoms with E-state index in [4.69, 9.17) is 4.74 Å². The van der Waals surface area contributed by atoms with E-state index in [2.05, 4.69) is 20.2 Å². The number of carbonyl (C=O) groups is 1. The van der Waals surface area contributed by atoms with Crippen LogP contribution in [0.5, 0.6) is 0 Å². The van der Waals surface area contributed by atoms with Crippen LogP contribution >= 0.6 is 0 Å². The fourth-order valence-electron chi connectivity index (χ4n) is 3.91. The number of hydrogen-bond donors (Lipinski definition) is 1. The van der Waals surface area contributed by atoms with E-state index < -0.39 is 17.6 Å². The van der Waals surface area contributed by atoms with Gasteiger partial charge in [0.15, 0.2) is 5.82 Å². The predicted octanol–water partition coefficient (Wildman–Crippen LogP) is 4.63. The van der Waals surface area contributed by atoms with Crippen molar-refractivity contribution in [3.8, 4) is 11.1 Å². The molecule has 1 aliphatic heterocycles. The highest BCUT2D eigenvalue weighted by atomic mass is 19.4. The van der Waals surface area contributed by atoms with Crippen molar-refractivity contribution in [1.82, 2.24) is 9.97 Å². The first-order chi connectivity index (χ1) is 16.6. The first-order valence-corrected chi connectivity index (χ1v) is 11.1. The van der Waals surface area contributed by atoms with Gasteiger partial charge in [-0.05, 0) is 37.3 Å². The molecule has 1 saturated heterocycles. The van der Waals surface area contributed by atoms with Crippen molar-refractivity contribution in [3.05, 3.63) is 65.6 Å². The fourth-order valence-corrected chi connectivity index (χ4v) is 3.91. The maximum Gasteiger partial charge on any atom is 0.416 e. The molecule has 4 rings (SSSR count). The zero-order chi connectivity index (χ0) is 25.2. The first-order valence-electron chi connectivity index (χ1n) is 11.1. The van der Waals surface area contributed by atoms with Crippen LogP contribution in [-0.4, -0.2) is 56.3 Å². The molecule has 0 saturated carbocycles. The number of benzene rings is 1. The van der Waals surface area contributed by atoms with Gasteiger partial charge >= 0.3 is 6.18 Å². The molecule has 3 heterocycles. The smallest absolute Gasteiger partial charge is 0.378 e. The number of aromatic nitrogens is 2. The van der Waals surface area contributed by atoms with Crippen molar-refractivity contribution >= 4 is 23.1 Å². The Morgan fingerprint density at radius 3 is 2.51 bits per heavy atom. The molecule has 1 N–H and O–H groups in total. The van der Waals surface area contributed by atoms with Gasteiger partial charge in [0, 0.05) is 55.8 Å². The third-order valence-corrected chi connectivity index (χ3v) is 5.73. The lowest BCUT2D eigenvalue weighted by Gasteiger charge is -2.31. The number of aryl methyl sites for hydroxylation is 1. The van der Waals surface area contributed by atoms with Crippen molar-refractivity contribution in [2.45, 2.75) is 13.1 Å². The topological polar surface area (TPSA) is 70.6 Å². The Morgan fingerprint density at radius 2 is 1.83 bits per heavy atom. The van der Waals surface area contributed by atoms with Gasteiger partial charge in [0.25, 0.3) is 5.91 Å². The summed E-state index contributed by atoms with van der Waals surface area (Å²) in [6.07, 6.45) is -1.30. The van der Waals surface area contributed by atoms with Gasteiger partial charge < -0.3 is 19.9 Å². The Hall–Kier alpha value is -3.66. The van der Waals surface area contributed by atoms with E-state index >= 15 is 0 Å². The van der Waals surface area contributed by atoms with E-state index in [0.29, 0.717) is 18.9 Å². The molecule has 0 atom stereocenters. The van der Waals surface area contributed by atoms with Gasteiger partial charge in [-0.3, -0.25) is 9.78 Å². The van der Waals surface area contributed by atoms with Gasteiger partial charge in [-0.1, -0.05) is 6.07 Å². The molecule has 0 bridgehead atoms. The number of anilines is 3. The molecule has 2 aromatic heterocycles. The second kappa shape index (κ2) is 9.91. The van der Waals surface area contributed by atoms with Crippen LogP contribution in [-0.2, 0) is 10.9 Å². The Bertz CT molecular complexity index is 1220. The van der Waals surface area contributed by atoms with Crippen LogP contribution in [0, 0.1) is 6.92 Å². The fraction of sp³-hybridized carbons (Fsp3) is 0.320. The highest BCUT2D eigenvalue weighted by Gasteiger charge is 2.31. The number of halogens is 3. The minimum absolute atomic E-state index is 0.0893. The van der Waals surface area contributed by atoms with Crippen LogP contribution in [0.4, 0.5) is 30.4 Å². The number of nitrogens with zero attached hydrogens (tertiary/aromatic N) is 4. The highest BCUT2D eigenvalue weighted by molar-refractivity contribution is 6.04. The molecular weight excluding hydrogens is 459 g/mol. The van der Waals surface area contributed by atoms with Crippen molar-refractivity contribution in [1.29, 1.82) is 0 Å². The Balaban J connectivity index is 1.64. The number of carbonyl (C=O) groups excluding carboxylic acids is 1. The summed E-state index contributed by atoms with van der Waals surface area (Å²) in [6.45, 7) is 4.61. The lowest BCUT2D eigenvalue weighted by molar-refractivity contribution is -0.137. The van der Waals surface area contributed by atoms with Crippen LogP contribution in [0.25, 0.3) is 11.1 Å². The highest BCUT2D eigenvalue weighted by Crippen LogP contribution is 2.34. The van der Waals surface area contributed by atoms with Crippen LogP contribution in [0.15, 0.2) is 48.8 Å².